The van der Waals surface area contributed by atoms with E-state index >= 15 is 0 Å². The Morgan fingerprint density at radius 2 is 1.84 bits per heavy atom. The number of pyridine rings is 1. The number of carbonyl (C=O) groups is 1. The van der Waals surface area contributed by atoms with Gasteiger partial charge in [-0.3, -0.25) is 4.79 Å². The molecule has 0 spiro atoms. The molecule has 19 heavy (non-hydrogen) atoms. The van der Waals surface area contributed by atoms with Crippen LogP contribution in [-0.2, 0) is 13.0 Å². The molecule has 3 N–H and O–H groups in total. The summed E-state index contributed by atoms with van der Waals surface area (Å²) in [6.07, 6.45) is 2.62. The lowest BCUT2D eigenvalue weighted by molar-refractivity contribution is 0.102. The van der Waals surface area contributed by atoms with Crippen molar-refractivity contribution < 1.29 is 4.79 Å². The zero-order valence-corrected chi connectivity index (χ0v) is 10.9. The van der Waals surface area contributed by atoms with Crippen LogP contribution in [0.3, 0.4) is 0 Å². The predicted octanol–water partition coefficient (Wildman–Crippen LogP) is 2.36. The van der Waals surface area contributed by atoms with Gasteiger partial charge in [0, 0.05) is 18.3 Å². The van der Waals surface area contributed by atoms with E-state index in [0.717, 1.165) is 12.0 Å². The fourth-order valence-electron chi connectivity index (χ4n) is 1.70. The first-order valence-electron chi connectivity index (χ1n) is 6.28. The molecule has 0 saturated heterocycles. The molecule has 1 heterocycles. The summed E-state index contributed by atoms with van der Waals surface area (Å²) in [4.78, 5) is 16.1. The summed E-state index contributed by atoms with van der Waals surface area (Å²) in [6.45, 7) is 2.53. The fourth-order valence-corrected chi connectivity index (χ4v) is 1.70. The second kappa shape index (κ2) is 6.11. The summed E-state index contributed by atoms with van der Waals surface area (Å²) in [5.41, 5.74) is 8.26. The molecule has 0 radical (unpaired) electrons. The SMILES string of the molecule is CCc1ccc(C(=O)Nc2ccc(CN)cn2)cc1. The second-order valence-electron chi connectivity index (χ2n) is 4.26. The summed E-state index contributed by atoms with van der Waals surface area (Å²) >= 11 is 0. The van der Waals surface area contributed by atoms with Crippen molar-refractivity contribution in [3.63, 3.8) is 0 Å². The Kier molecular flexibility index (Phi) is 4.26. The van der Waals surface area contributed by atoms with Gasteiger partial charge >= 0.3 is 0 Å². The highest BCUT2D eigenvalue weighted by Crippen LogP contribution is 2.09. The van der Waals surface area contributed by atoms with Crippen molar-refractivity contribution in [2.45, 2.75) is 19.9 Å². The Balaban J connectivity index is 2.06. The van der Waals surface area contributed by atoms with Crippen LogP contribution in [0.4, 0.5) is 5.82 Å². The summed E-state index contributed by atoms with van der Waals surface area (Å²) in [7, 11) is 0. The monoisotopic (exact) mass is 255 g/mol. The van der Waals surface area contributed by atoms with Crippen LogP contribution in [0.2, 0.25) is 0 Å². The zero-order valence-electron chi connectivity index (χ0n) is 10.9. The van der Waals surface area contributed by atoms with Crippen LogP contribution in [0.15, 0.2) is 42.6 Å². The molecule has 0 aliphatic rings. The lowest BCUT2D eigenvalue weighted by atomic mass is 10.1. The van der Waals surface area contributed by atoms with Crippen LogP contribution < -0.4 is 11.1 Å². The summed E-state index contributed by atoms with van der Waals surface area (Å²) in [5.74, 6) is 0.373. The number of nitrogens with two attached hydrogens (primary N) is 1. The molecule has 1 amide bonds. The van der Waals surface area contributed by atoms with Crippen molar-refractivity contribution in [2.24, 2.45) is 5.73 Å². The average Bonchev–Trinajstić information content (AvgIpc) is 2.48. The van der Waals surface area contributed by atoms with E-state index in [9.17, 15) is 4.79 Å². The van der Waals surface area contributed by atoms with Gasteiger partial charge in [0.05, 0.1) is 0 Å². The molecular formula is C15H17N3O. The van der Waals surface area contributed by atoms with Gasteiger partial charge in [0.1, 0.15) is 5.82 Å². The normalized spacial score (nSPS) is 10.2. The van der Waals surface area contributed by atoms with E-state index in [4.69, 9.17) is 5.73 Å². The molecule has 4 heteroatoms. The molecule has 0 bridgehead atoms. The number of benzene rings is 1. The van der Waals surface area contributed by atoms with Gasteiger partial charge in [-0.2, -0.15) is 0 Å². The van der Waals surface area contributed by atoms with Crippen molar-refractivity contribution in [3.8, 4) is 0 Å². The number of aromatic nitrogens is 1. The van der Waals surface area contributed by atoms with E-state index < -0.39 is 0 Å². The average molecular weight is 255 g/mol. The largest absolute Gasteiger partial charge is 0.326 e. The molecule has 2 aromatic rings. The standard InChI is InChI=1S/C15H17N3O/c1-2-11-3-6-13(7-4-11)15(19)18-14-8-5-12(9-16)10-17-14/h3-8,10H,2,9,16H2,1H3,(H,17,18,19). The highest BCUT2D eigenvalue weighted by atomic mass is 16.1. The highest BCUT2D eigenvalue weighted by Gasteiger charge is 2.06. The number of anilines is 1. The summed E-state index contributed by atoms with van der Waals surface area (Å²) < 4.78 is 0. The molecule has 2 rings (SSSR count). The van der Waals surface area contributed by atoms with E-state index in [1.54, 1.807) is 12.3 Å². The maximum absolute atomic E-state index is 12.0. The van der Waals surface area contributed by atoms with Gasteiger partial charge in [0.25, 0.3) is 5.91 Å². The van der Waals surface area contributed by atoms with E-state index in [-0.39, 0.29) is 5.91 Å². The third-order valence-electron chi connectivity index (χ3n) is 2.93. The molecule has 0 fully saturated rings. The number of carbonyl (C=O) groups excluding carboxylic acids is 1. The molecule has 0 atom stereocenters. The van der Waals surface area contributed by atoms with Crippen LogP contribution in [0, 0.1) is 0 Å². The minimum Gasteiger partial charge on any atom is -0.326 e. The van der Waals surface area contributed by atoms with Crippen LogP contribution >= 0.6 is 0 Å². The Morgan fingerprint density at radius 3 is 2.37 bits per heavy atom. The van der Waals surface area contributed by atoms with Gasteiger partial charge in [-0.25, -0.2) is 4.98 Å². The summed E-state index contributed by atoms with van der Waals surface area (Å²) in [5, 5.41) is 2.76. The quantitative estimate of drug-likeness (QED) is 0.881. The topological polar surface area (TPSA) is 68.0 Å². The van der Waals surface area contributed by atoms with Crippen molar-refractivity contribution in [2.75, 3.05) is 5.32 Å². The third-order valence-corrected chi connectivity index (χ3v) is 2.93. The van der Waals surface area contributed by atoms with E-state index in [1.807, 2.05) is 30.3 Å². The van der Waals surface area contributed by atoms with Crippen molar-refractivity contribution in [3.05, 3.63) is 59.3 Å². The number of hydrogen-bond donors (Lipinski definition) is 2. The number of aryl methyl sites for hydroxylation is 1. The van der Waals surface area contributed by atoms with Gasteiger partial charge in [0.15, 0.2) is 0 Å². The van der Waals surface area contributed by atoms with Gasteiger partial charge in [-0.1, -0.05) is 25.1 Å². The predicted molar refractivity (Wildman–Crippen MR) is 75.9 cm³/mol. The molecule has 0 aliphatic carbocycles. The molecule has 0 aliphatic heterocycles. The first-order valence-corrected chi connectivity index (χ1v) is 6.28. The van der Waals surface area contributed by atoms with Crippen molar-refractivity contribution >= 4 is 11.7 Å². The molecule has 0 saturated carbocycles. The molecule has 1 aromatic heterocycles. The smallest absolute Gasteiger partial charge is 0.256 e. The van der Waals surface area contributed by atoms with Crippen LogP contribution in [0.5, 0.6) is 0 Å². The Morgan fingerprint density at radius 1 is 1.16 bits per heavy atom. The molecular weight excluding hydrogens is 238 g/mol. The van der Waals surface area contributed by atoms with Crippen LogP contribution in [0.1, 0.15) is 28.4 Å². The Labute approximate surface area is 112 Å². The van der Waals surface area contributed by atoms with Crippen LogP contribution in [-0.4, -0.2) is 10.9 Å². The minimum absolute atomic E-state index is 0.157. The minimum atomic E-state index is -0.157. The first-order chi connectivity index (χ1) is 9.22. The molecule has 0 unspecified atom stereocenters. The van der Waals surface area contributed by atoms with Crippen molar-refractivity contribution in [1.29, 1.82) is 0 Å². The van der Waals surface area contributed by atoms with Gasteiger partial charge in [0.2, 0.25) is 0 Å². The van der Waals surface area contributed by atoms with E-state index in [1.165, 1.54) is 5.56 Å². The Bertz CT molecular complexity index is 547. The number of nitrogens with one attached hydrogen (secondary N) is 1. The lowest BCUT2D eigenvalue weighted by Crippen LogP contribution is -2.13. The number of nitrogens with zero attached hydrogens (tertiary/aromatic N) is 1. The second-order valence-corrected chi connectivity index (χ2v) is 4.26. The summed E-state index contributed by atoms with van der Waals surface area (Å²) in [6, 6.07) is 11.2. The number of amides is 1. The number of rotatable bonds is 4. The maximum Gasteiger partial charge on any atom is 0.256 e. The van der Waals surface area contributed by atoms with E-state index in [2.05, 4.69) is 17.2 Å². The lowest BCUT2D eigenvalue weighted by Gasteiger charge is -2.05. The fraction of sp³-hybridized carbons (Fsp3) is 0.200. The maximum atomic E-state index is 12.0. The van der Waals surface area contributed by atoms with Gasteiger partial charge in [-0.05, 0) is 35.7 Å². The number of hydrogen-bond acceptors (Lipinski definition) is 3. The third kappa shape index (κ3) is 3.39. The molecule has 4 nitrogen and oxygen atoms in total. The highest BCUT2D eigenvalue weighted by molar-refractivity contribution is 6.03. The van der Waals surface area contributed by atoms with E-state index in [0.29, 0.717) is 17.9 Å². The van der Waals surface area contributed by atoms with Crippen LogP contribution in [0.25, 0.3) is 0 Å². The van der Waals surface area contributed by atoms with Gasteiger partial charge < -0.3 is 11.1 Å². The molecule has 98 valence electrons. The Hall–Kier alpha value is -2.20. The first kappa shape index (κ1) is 13.2. The molecule has 1 aromatic carbocycles. The van der Waals surface area contributed by atoms with Gasteiger partial charge in [-0.15, -0.1) is 0 Å². The zero-order chi connectivity index (χ0) is 13.7. The van der Waals surface area contributed by atoms with Crippen molar-refractivity contribution in [1.82, 2.24) is 4.98 Å².